The molecule has 0 aliphatic heterocycles. The molecule has 0 aliphatic carbocycles. The molecule has 0 aromatic heterocycles. The van der Waals surface area contributed by atoms with Gasteiger partial charge in [-0.05, 0) is 61.4 Å². The van der Waals surface area contributed by atoms with Gasteiger partial charge in [-0.3, -0.25) is 9.59 Å². The number of nitrogens with zero attached hydrogens (tertiary/aromatic N) is 2. The van der Waals surface area contributed by atoms with Crippen molar-refractivity contribution in [1.82, 2.24) is 0 Å². The molecule has 0 radical (unpaired) electrons. The van der Waals surface area contributed by atoms with E-state index in [4.69, 9.17) is 20.0 Å². The van der Waals surface area contributed by atoms with E-state index in [0.717, 1.165) is 0 Å². The number of carbonyl (C=O) groups is 2. The van der Waals surface area contributed by atoms with Gasteiger partial charge in [-0.1, -0.05) is 13.8 Å². The van der Waals surface area contributed by atoms with Gasteiger partial charge in [-0.15, -0.1) is 0 Å². The van der Waals surface area contributed by atoms with Crippen LogP contribution in [0.5, 0.6) is 11.5 Å². The fourth-order valence-electron chi connectivity index (χ4n) is 2.52. The first kappa shape index (κ1) is 19.7. The highest BCUT2D eigenvalue weighted by molar-refractivity contribution is 6.01. The molecule has 0 fully saturated rings. The second-order valence-electron chi connectivity index (χ2n) is 5.84. The molecule has 0 aliphatic rings. The lowest BCUT2D eigenvalue weighted by Gasteiger charge is -2.26. The van der Waals surface area contributed by atoms with E-state index < -0.39 is 17.4 Å². The average molecular weight is 362 g/mol. The van der Waals surface area contributed by atoms with E-state index in [1.807, 2.05) is 12.1 Å². The van der Waals surface area contributed by atoms with Crippen molar-refractivity contribution in [1.29, 1.82) is 10.5 Å². The zero-order chi connectivity index (χ0) is 19.9. The van der Waals surface area contributed by atoms with Crippen molar-refractivity contribution < 1.29 is 19.1 Å². The summed E-state index contributed by atoms with van der Waals surface area (Å²) in [6.45, 7) is 3.42. The Morgan fingerprint density at radius 2 is 1.11 bits per heavy atom. The van der Waals surface area contributed by atoms with E-state index in [1.54, 1.807) is 13.8 Å². The molecule has 6 nitrogen and oxygen atoms in total. The minimum Gasteiger partial charge on any atom is -0.426 e. The summed E-state index contributed by atoms with van der Waals surface area (Å²) in [6, 6.07) is 16.1. The third-order valence-corrected chi connectivity index (χ3v) is 4.38. The summed E-state index contributed by atoms with van der Waals surface area (Å²) in [4.78, 5) is 25.5. The van der Waals surface area contributed by atoms with E-state index in [2.05, 4.69) is 0 Å². The Labute approximate surface area is 157 Å². The van der Waals surface area contributed by atoms with Gasteiger partial charge >= 0.3 is 11.9 Å². The summed E-state index contributed by atoms with van der Waals surface area (Å²) in [5, 5.41) is 17.6. The topological polar surface area (TPSA) is 100 Å². The second kappa shape index (κ2) is 8.64. The molecule has 0 saturated carbocycles. The van der Waals surface area contributed by atoms with Crippen molar-refractivity contribution in [3.05, 3.63) is 59.7 Å². The van der Waals surface area contributed by atoms with Crippen LogP contribution in [0, 0.1) is 28.1 Å². The lowest BCUT2D eigenvalue weighted by molar-refractivity contribution is -0.161. The molecular weight excluding hydrogens is 344 g/mol. The van der Waals surface area contributed by atoms with E-state index in [9.17, 15) is 9.59 Å². The van der Waals surface area contributed by atoms with Crippen LogP contribution in [0.4, 0.5) is 0 Å². The fraction of sp³-hybridized carbons (Fsp3) is 0.238. The van der Waals surface area contributed by atoms with E-state index in [1.165, 1.54) is 48.5 Å². The Morgan fingerprint density at radius 1 is 0.778 bits per heavy atom. The van der Waals surface area contributed by atoms with Crippen LogP contribution in [0.3, 0.4) is 0 Å². The number of rotatable bonds is 6. The number of hydrogen-bond acceptors (Lipinski definition) is 6. The Hall–Kier alpha value is -3.64. The molecule has 0 unspecified atom stereocenters. The van der Waals surface area contributed by atoms with Crippen LogP contribution in [0.2, 0.25) is 0 Å². The molecule has 0 spiro atoms. The average Bonchev–Trinajstić information content (AvgIpc) is 2.70. The van der Waals surface area contributed by atoms with Gasteiger partial charge in [0.15, 0.2) is 5.41 Å². The molecular formula is C21H18N2O4. The smallest absolute Gasteiger partial charge is 0.328 e. The van der Waals surface area contributed by atoms with E-state index >= 15 is 0 Å². The van der Waals surface area contributed by atoms with Gasteiger partial charge in [0.05, 0.1) is 23.3 Å². The van der Waals surface area contributed by atoms with Gasteiger partial charge in [0, 0.05) is 0 Å². The molecule has 136 valence electrons. The van der Waals surface area contributed by atoms with Crippen molar-refractivity contribution in [3.63, 3.8) is 0 Å². The largest absolute Gasteiger partial charge is 0.426 e. The highest BCUT2D eigenvalue weighted by Crippen LogP contribution is 2.32. The molecule has 0 amide bonds. The molecule has 0 bridgehead atoms. The molecule has 2 aromatic rings. The van der Waals surface area contributed by atoms with Crippen molar-refractivity contribution in [3.8, 4) is 23.6 Å². The highest BCUT2D eigenvalue weighted by atomic mass is 16.6. The third-order valence-electron chi connectivity index (χ3n) is 4.38. The lowest BCUT2D eigenvalue weighted by atomic mass is 9.82. The van der Waals surface area contributed by atoms with Crippen molar-refractivity contribution in [2.24, 2.45) is 5.41 Å². The molecule has 2 aromatic carbocycles. The monoisotopic (exact) mass is 362 g/mol. The first-order chi connectivity index (χ1) is 13.0. The lowest BCUT2D eigenvalue weighted by Crippen LogP contribution is -2.43. The Bertz CT molecular complexity index is 826. The summed E-state index contributed by atoms with van der Waals surface area (Å²) < 4.78 is 10.7. The van der Waals surface area contributed by atoms with Gasteiger partial charge in [-0.2, -0.15) is 10.5 Å². The predicted octanol–water partition coefficient (Wildman–Crippen LogP) is 3.75. The van der Waals surface area contributed by atoms with Gasteiger partial charge in [0.2, 0.25) is 0 Å². The van der Waals surface area contributed by atoms with Crippen LogP contribution in [-0.2, 0) is 9.59 Å². The molecule has 0 heterocycles. The molecule has 0 saturated heterocycles. The normalized spacial score (nSPS) is 10.4. The maximum absolute atomic E-state index is 12.8. The summed E-state index contributed by atoms with van der Waals surface area (Å²) in [5.74, 6) is -0.931. The minimum absolute atomic E-state index is 0.202. The second-order valence-corrected chi connectivity index (χ2v) is 5.84. The maximum atomic E-state index is 12.8. The molecule has 2 rings (SSSR count). The number of ether oxygens (including phenoxy) is 2. The fourth-order valence-corrected chi connectivity index (χ4v) is 2.52. The van der Waals surface area contributed by atoms with Crippen LogP contribution >= 0.6 is 0 Å². The van der Waals surface area contributed by atoms with E-state index in [0.29, 0.717) is 11.1 Å². The van der Waals surface area contributed by atoms with Crippen molar-refractivity contribution >= 4 is 11.9 Å². The quantitative estimate of drug-likeness (QED) is 0.441. The predicted molar refractivity (Wildman–Crippen MR) is 96.6 cm³/mol. The van der Waals surface area contributed by atoms with Crippen LogP contribution < -0.4 is 9.47 Å². The summed E-state index contributed by atoms with van der Waals surface area (Å²) in [6.07, 6.45) is 0.404. The number of esters is 2. The molecule has 27 heavy (non-hydrogen) atoms. The first-order valence-corrected chi connectivity index (χ1v) is 8.44. The van der Waals surface area contributed by atoms with E-state index in [-0.39, 0.29) is 24.3 Å². The van der Waals surface area contributed by atoms with Gasteiger partial charge in [0.25, 0.3) is 0 Å². The number of nitriles is 2. The van der Waals surface area contributed by atoms with Crippen molar-refractivity contribution in [2.45, 2.75) is 26.7 Å². The third kappa shape index (κ3) is 4.31. The molecule has 6 heteroatoms. The summed E-state index contributed by atoms with van der Waals surface area (Å²) in [7, 11) is 0. The zero-order valence-corrected chi connectivity index (χ0v) is 15.1. The Morgan fingerprint density at radius 3 is 1.37 bits per heavy atom. The Balaban J connectivity index is 2.20. The standard InChI is InChI=1S/C21H18N2O4/c1-3-21(4-2,19(24)26-17-9-5-15(13-22)6-10-17)20(25)27-18-11-7-16(14-23)8-12-18/h5-12H,3-4H2,1-2H3. The SMILES string of the molecule is CCC(CC)(C(=O)Oc1ccc(C#N)cc1)C(=O)Oc1ccc(C#N)cc1. The van der Waals surface area contributed by atoms with Crippen molar-refractivity contribution in [2.75, 3.05) is 0 Å². The molecule has 0 N–H and O–H groups in total. The minimum atomic E-state index is -1.46. The summed E-state index contributed by atoms with van der Waals surface area (Å²) in [5.41, 5.74) is -0.582. The van der Waals surface area contributed by atoms with Gasteiger partial charge in [0.1, 0.15) is 11.5 Å². The highest BCUT2D eigenvalue weighted by Gasteiger charge is 2.46. The van der Waals surface area contributed by atoms with Crippen LogP contribution in [-0.4, -0.2) is 11.9 Å². The first-order valence-electron chi connectivity index (χ1n) is 8.44. The number of hydrogen-bond donors (Lipinski definition) is 0. The number of benzene rings is 2. The van der Waals surface area contributed by atoms with Gasteiger partial charge < -0.3 is 9.47 Å². The zero-order valence-electron chi connectivity index (χ0n) is 15.1. The van der Waals surface area contributed by atoms with Crippen LogP contribution in [0.1, 0.15) is 37.8 Å². The van der Waals surface area contributed by atoms with Gasteiger partial charge in [-0.25, -0.2) is 0 Å². The Kier molecular flexibility index (Phi) is 6.30. The maximum Gasteiger partial charge on any atom is 0.328 e. The van der Waals surface area contributed by atoms with Crippen LogP contribution in [0.25, 0.3) is 0 Å². The molecule has 0 atom stereocenters. The number of carbonyl (C=O) groups excluding carboxylic acids is 2. The van der Waals surface area contributed by atoms with Crippen LogP contribution in [0.15, 0.2) is 48.5 Å². The summed E-state index contributed by atoms with van der Waals surface area (Å²) >= 11 is 0.